The van der Waals surface area contributed by atoms with Gasteiger partial charge in [-0.2, -0.15) is 0 Å². The quantitative estimate of drug-likeness (QED) is 0.940. The van der Waals surface area contributed by atoms with Gasteiger partial charge in [0.15, 0.2) is 0 Å². The van der Waals surface area contributed by atoms with Crippen molar-refractivity contribution in [3.8, 4) is 5.75 Å². The van der Waals surface area contributed by atoms with Gasteiger partial charge in [-0.1, -0.05) is 36.4 Å². The number of likely N-dealkylation sites (tertiary alicyclic amines) is 1. The van der Waals surface area contributed by atoms with Crippen molar-refractivity contribution in [2.75, 3.05) is 26.2 Å². The first-order chi connectivity index (χ1) is 11.8. The fourth-order valence-electron chi connectivity index (χ4n) is 3.72. The monoisotopic (exact) mass is 322 g/mol. The molecule has 124 valence electrons. The Kier molecular flexibility index (Phi) is 4.22. The molecule has 0 spiro atoms. The number of carbonyl (C=O) groups excluding carboxylic acids is 1. The predicted molar refractivity (Wildman–Crippen MR) is 93.0 cm³/mol. The van der Waals surface area contributed by atoms with Gasteiger partial charge in [0.25, 0.3) is 5.91 Å². The lowest BCUT2D eigenvalue weighted by Gasteiger charge is -2.19. The van der Waals surface area contributed by atoms with Crippen molar-refractivity contribution >= 4 is 5.91 Å². The maximum absolute atomic E-state index is 13.0. The molecule has 2 aromatic carbocycles. The third-order valence-electron chi connectivity index (χ3n) is 5.06. The van der Waals surface area contributed by atoms with Crippen molar-refractivity contribution in [3.63, 3.8) is 0 Å². The normalized spacial score (nSPS) is 22.4. The second kappa shape index (κ2) is 6.65. The Balaban J connectivity index is 1.48. The number of nitrogens with zero attached hydrogens (tertiary/aromatic N) is 1. The van der Waals surface area contributed by atoms with Crippen LogP contribution in [-0.2, 0) is 6.61 Å². The zero-order chi connectivity index (χ0) is 16.4. The number of ether oxygens (including phenoxy) is 1. The highest BCUT2D eigenvalue weighted by Crippen LogP contribution is 2.28. The van der Waals surface area contributed by atoms with Crippen molar-refractivity contribution in [2.24, 2.45) is 11.8 Å². The van der Waals surface area contributed by atoms with Gasteiger partial charge in [-0.05, 0) is 30.0 Å². The number of rotatable bonds is 4. The molecule has 1 N–H and O–H groups in total. The lowest BCUT2D eigenvalue weighted by Crippen LogP contribution is -2.32. The summed E-state index contributed by atoms with van der Waals surface area (Å²) in [5, 5.41) is 3.42. The average Bonchev–Trinajstić information content (AvgIpc) is 3.22. The lowest BCUT2D eigenvalue weighted by molar-refractivity contribution is 0.0779. The summed E-state index contributed by atoms with van der Waals surface area (Å²) in [4.78, 5) is 15.0. The second-order valence-electron chi connectivity index (χ2n) is 6.65. The van der Waals surface area contributed by atoms with Gasteiger partial charge in [-0.25, -0.2) is 0 Å². The highest BCUT2D eigenvalue weighted by atomic mass is 16.5. The highest BCUT2D eigenvalue weighted by Gasteiger charge is 2.38. The van der Waals surface area contributed by atoms with Crippen LogP contribution in [0.4, 0.5) is 0 Å². The fourth-order valence-corrected chi connectivity index (χ4v) is 3.72. The summed E-state index contributed by atoms with van der Waals surface area (Å²) in [6, 6.07) is 17.5. The molecule has 0 saturated carbocycles. The third-order valence-corrected chi connectivity index (χ3v) is 5.06. The minimum Gasteiger partial charge on any atom is -0.489 e. The molecule has 0 unspecified atom stereocenters. The molecule has 4 rings (SSSR count). The van der Waals surface area contributed by atoms with E-state index in [2.05, 4.69) is 5.32 Å². The maximum atomic E-state index is 13.0. The molecule has 2 fully saturated rings. The maximum Gasteiger partial charge on any atom is 0.254 e. The minimum absolute atomic E-state index is 0.136. The van der Waals surface area contributed by atoms with E-state index in [9.17, 15) is 4.79 Å². The van der Waals surface area contributed by atoms with Gasteiger partial charge in [0.2, 0.25) is 0 Å². The number of benzene rings is 2. The van der Waals surface area contributed by atoms with Gasteiger partial charge in [-0.3, -0.25) is 4.79 Å². The van der Waals surface area contributed by atoms with E-state index in [1.54, 1.807) is 0 Å². The van der Waals surface area contributed by atoms with E-state index in [-0.39, 0.29) is 5.91 Å². The summed E-state index contributed by atoms with van der Waals surface area (Å²) in [6.45, 7) is 4.21. The molecule has 2 aliphatic rings. The molecule has 0 aliphatic carbocycles. The first-order valence-corrected chi connectivity index (χ1v) is 8.57. The molecule has 2 heterocycles. The van der Waals surface area contributed by atoms with E-state index in [1.807, 2.05) is 59.5 Å². The van der Waals surface area contributed by atoms with Crippen LogP contribution < -0.4 is 10.1 Å². The smallest absolute Gasteiger partial charge is 0.254 e. The zero-order valence-corrected chi connectivity index (χ0v) is 13.7. The molecule has 24 heavy (non-hydrogen) atoms. The van der Waals surface area contributed by atoms with Gasteiger partial charge < -0.3 is 15.0 Å². The standard InChI is InChI=1S/C20H22N2O2/c23-20(22-12-16-10-21-11-17(16)13-22)19-9-5-4-6-15(19)14-24-18-7-2-1-3-8-18/h1-9,16-17,21H,10-14H2/t16-,17+. The number of carbonyl (C=O) groups is 1. The average molecular weight is 322 g/mol. The topological polar surface area (TPSA) is 41.6 Å². The predicted octanol–water partition coefficient (Wildman–Crippen LogP) is 2.56. The summed E-state index contributed by atoms with van der Waals surface area (Å²) in [7, 11) is 0. The van der Waals surface area contributed by atoms with Crippen molar-refractivity contribution in [3.05, 3.63) is 65.7 Å². The van der Waals surface area contributed by atoms with Crippen LogP contribution in [0, 0.1) is 11.8 Å². The van der Waals surface area contributed by atoms with Crippen molar-refractivity contribution < 1.29 is 9.53 Å². The molecule has 4 nitrogen and oxygen atoms in total. The number of hydrogen-bond acceptors (Lipinski definition) is 3. The SMILES string of the molecule is O=C(c1ccccc1COc1ccccc1)N1C[C@H]2CNC[C@H]2C1. The van der Waals surface area contributed by atoms with E-state index >= 15 is 0 Å². The molecular formula is C20H22N2O2. The Morgan fingerprint density at radius 3 is 2.42 bits per heavy atom. The molecule has 4 heteroatoms. The van der Waals surface area contributed by atoms with Crippen molar-refractivity contribution in [1.29, 1.82) is 0 Å². The van der Waals surface area contributed by atoms with Crippen LogP contribution in [0.25, 0.3) is 0 Å². The fraction of sp³-hybridized carbons (Fsp3) is 0.350. The Morgan fingerprint density at radius 1 is 1.00 bits per heavy atom. The van der Waals surface area contributed by atoms with E-state index in [0.717, 1.165) is 43.1 Å². The van der Waals surface area contributed by atoms with Gasteiger partial charge >= 0.3 is 0 Å². The molecule has 2 saturated heterocycles. The first kappa shape index (κ1) is 15.2. The van der Waals surface area contributed by atoms with E-state index in [4.69, 9.17) is 4.74 Å². The van der Waals surface area contributed by atoms with Gasteiger partial charge in [-0.15, -0.1) is 0 Å². The molecule has 2 aromatic rings. The molecule has 0 radical (unpaired) electrons. The van der Waals surface area contributed by atoms with Crippen LogP contribution in [0.5, 0.6) is 5.75 Å². The van der Waals surface area contributed by atoms with Crippen LogP contribution in [-0.4, -0.2) is 37.0 Å². The summed E-state index contributed by atoms with van der Waals surface area (Å²) in [6.07, 6.45) is 0. The molecular weight excluding hydrogens is 300 g/mol. The zero-order valence-electron chi connectivity index (χ0n) is 13.7. The number of hydrogen-bond donors (Lipinski definition) is 1. The number of nitrogens with one attached hydrogen (secondary N) is 1. The van der Waals surface area contributed by atoms with Gasteiger partial charge in [0.05, 0.1) is 0 Å². The Labute approximate surface area is 142 Å². The molecule has 2 aliphatic heterocycles. The lowest BCUT2D eigenvalue weighted by atomic mass is 10.0. The number of para-hydroxylation sites is 1. The summed E-state index contributed by atoms with van der Waals surface area (Å²) >= 11 is 0. The van der Waals surface area contributed by atoms with Crippen LogP contribution in [0.1, 0.15) is 15.9 Å². The van der Waals surface area contributed by atoms with Crippen LogP contribution >= 0.6 is 0 Å². The molecule has 0 aromatic heterocycles. The van der Waals surface area contributed by atoms with Crippen molar-refractivity contribution in [2.45, 2.75) is 6.61 Å². The highest BCUT2D eigenvalue weighted by molar-refractivity contribution is 5.95. The summed E-state index contributed by atoms with van der Waals surface area (Å²) < 4.78 is 5.84. The second-order valence-corrected chi connectivity index (χ2v) is 6.65. The van der Waals surface area contributed by atoms with Crippen LogP contribution in [0.2, 0.25) is 0 Å². The van der Waals surface area contributed by atoms with Gasteiger partial charge in [0.1, 0.15) is 12.4 Å². The van der Waals surface area contributed by atoms with Crippen molar-refractivity contribution in [1.82, 2.24) is 10.2 Å². The Hall–Kier alpha value is -2.33. The van der Waals surface area contributed by atoms with E-state index in [0.29, 0.717) is 18.4 Å². The van der Waals surface area contributed by atoms with Gasteiger partial charge in [0, 0.05) is 37.3 Å². The Morgan fingerprint density at radius 2 is 1.67 bits per heavy atom. The molecule has 2 atom stereocenters. The number of fused-ring (bicyclic) bond motifs is 1. The number of amides is 1. The molecule has 0 bridgehead atoms. The minimum atomic E-state index is 0.136. The Bertz CT molecular complexity index is 705. The first-order valence-electron chi connectivity index (χ1n) is 8.57. The third kappa shape index (κ3) is 3.02. The van der Waals surface area contributed by atoms with Crippen LogP contribution in [0.3, 0.4) is 0 Å². The van der Waals surface area contributed by atoms with E-state index in [1.165, 1.54) is 0 Å². The summed E-state index contributed by atoms with van der Waals surface area (Å²) in [5.41, 5.74) is 1.71. The summed E-state index contributed by atoms with van der Waals surface area (Å²) in [5.74, 6) is 2.18. The van der Waals surface area contributed by atoms with Crippen LogP contribution in [0.15, 0.2) is 54.6 Å². The van der Waals surface area contributed by atoms with E-state index < -0.39 is 0 Å². The molecule has 1 amide bonds. The largest absolute Gasteiger partial charge is 0.489 e.